The molecule has 0 atom stereocenters. The number of nitrogens with zero attached hydrogens (tertiary/aromatic N) is 3. The Labute approximate surface area is 150 Å². The molecule has 2 aromatic carbocycles. The molecular weight excluding hydrogens is 326 g/mol. The van der Waals surface area contributed by atoms with Crippen molar-refractivity contribution in [1.29, 1.82) is 0 Å². The van der Waals surface area contributed by atoms with Crippen LogP contribution >= 0.6 is 0 Å². The number of phenols is 1. The van der Waals surface area contributed by atoms with Crippen molar-refractivity contribution in [2.24, 2.45) is 0 Å². The van der Waals surface area contributed by atoms with Crippen molar-refractivity contribution >= 4 is 23.0 Å². The summed E-state index contributed by atoms with van der Waals surface area (Å²) in [5, 5.41) is 17.6. The molecule has 0 spiro atoms. The summed E-state index contributed by atoms with van der Waals surface area (Å²) < 4.78 is 1.73. The minimum atomic E-state index is 0.336. The van der Waals surface area contributed by atoms with E-state index in [0.29, 0.717) is 17.4 Å². The van der Waals surface area contributed by atoms with Gasteiger partial charge >= 0.3 is 0 Å². The van der Waals surface area contributed by atoms with Gasteiger partial charge in [0.1, 0.15) is 5.75 Å². The van der Waals surface area contributed by atoms with Crippen LogP contribution in [0.25, 0.3) is 16.8 Å². The highest BCUT2D eigenvalue weighted by molar-refractivity contribution is 5.71. The average molecular weight is 345 g/mol. The Bertz CT molecular complexity index is 1090. The third kappa shape index (κ3) is 2.82. The van der Waals surface area contributed by atoms with Crippen molar-refractivity contribution < 1.29 is 5.11 Å². The molecule has 0 bridgehead atoms. The maximum atomic E-state index is 9.97. The molecule has 0 radical (unpaired) electrons. The van der Waals surface area contributed by atoms with Crippen LogP contribution in [-0.2, 0) is 0 Å². The number of anilines is 3. The molecule has 130 valence electrons. The predicted molar refractivity (Wildman–Crippen MR) is 104 cm³/mol. The Morgan fingerprint density at radius 3 is 2.46 bits per heavy atom. The molecule has 2 aromatic heterocycles. The van der Waals surface area contributed by atoms with Crippen LogP contribution in [0, 0.1) is 13.8 Å². The van der Waals surface area contributed by atoms with Gasteiger partial charge in [-0.2, -0.15) is 4.98 Å². The van der Waals surface area contributed by atoms with Crippen LogP contribution in [-0.4, -0.2) is 19.7 Å². The molecule has 0 aliphatic heterocycles. The second-order valence-corrected chi connectivity index (χ2v) is 6.33. The van der Waals surface area contributed by atoms with Gasteiger partial charge in [-0.15, -0.1) is 5.10 Å². The van der Waals surface area contributed by atoms with E-state index < -0.39 is 0 Å². The quantitative estimate of drug-likeness (QED) is 0.488. The normalized spacial score (nSPS) is 11.0. The van der Waals surface area contributed by atoms with Gasteiger partial charge < -0.3 is 16.2 Å². The molecule has 0 aliphatic rings. The third-order valence-electron chi connectivity index (χ3n) is 4.36. The number of hydrogen-bond donors (Lipinski definition) is 3. The van der Waals surface area contributed by atoms with Gasteiger partial charge in [0.05, 0.1) is 11.4 Å². The Hall–Kier alpha value is -3.54. The number of aromatic nitrogens is 3. The summed E-state index contributed by atoms with van der Waals surface area (Å²) in [5.74, 6) is 0.820. The number of pyridine rings is 1. The first-order valence-electron chi connectivity index (χ1n) is 8.30. The molecule has 4 aromatic rings. The zero-order chi connectivity index (χ0) is 18.3. The van der Waals surface area contributed by atoms with Crippen molar-refractivity contribution in [2.75, 3.05) is 11.1 Å². The summed E-state index contributed by atoms with van der Waals surface area (Å²) in [6, 6.07) is 15.3. The summed E-state index contributed by atoms with van der Waals surface area (Å²) in [5.41, 5.74) is 11.8. The molecular formula is C20H19N5O. The largest absolute Gasteiger partial charge is 0.507 e. The lowest BCUT2D eigenvalue weighted by Gasteiger charge is -2.08. The molecule has 0 fully saturated rings. The molecule has 26 heavy (non-hydrogen) atoms. The molecule has 4 N–H and O–H groups in total. The zero-order valence-corrected chi connectivity index (χ0v) is 14.6. The Morgan fingerprint density at radius 2 is 1.73 bits per heavy atom. The van der Waals surface area contributed by atoms with Crippen molar-refractivity contribution in [2.45, 2.75) is 13.8 Å². The van der Waals surface area contributed by atoms with Gasteiger partial charge in [0, 0.05) is 11.8 Å². The van der Waals surface area contributed by atoms with Gasteiger partial charge in [-0.25, -0.2) is 4.52 Å². The molecule has 2 heterocycles. The number of rotatable bonds is 3. The van der Waals surface area contributed by atoms with Crippen LogP contribution < -0.4 is 11.1 Å². The number of nitrogen functional groups attached to an aromatic ring is 1. The summed E-state index contributed by atoms with van der Waals surface area (Å²) in [4.78, 5) is 4.48. The van der Waals surface area contributed by atoms with E-state index in [1.165, 1.54) is 0 Å². The topological polar surface area (TPSA) is 88.5 Å². The number of aryl methyl sites for hydroxylation is 2. The molecule has 0 aliphatic carbocycles. The highest BCUT2D eigenvalue weighted by Gasteiger charge is 2.09. The second kappa shape index (κ2) is 6.07. The van der Waals surface area contributed by atoms with E-state index in [4.69, 9.17) is 5.73 Å². The summed E-state index contributed by atoms with van der Waals surface area (Å²) >= 11 is 0. The fourth-order valence-corrected chi connectivity index (χ4v) is 2.96. The number of aromatic hydroxyl groups is 1. The van der Waals surface area contributed by atoms with Gasteiger partial charge in [-0.1, -0.05) is 12.1 Å². The fraction of sp³-hybridized carbons (Fsp3) is 0.100. The number of phenolic OH excluding ortho intramolecular Hbond substituents is 1. The highest BCUT2D eigenvalue weighted by atomic mass is 16.3. The molecule has 6 nitrogen and oxygen atoms in total. The SMILES string of the molecule is Cc1cc(-c2ccc3nc(Nc4ccccc4N)nn3c2)cc(C)c1O. The Kier molecular flexibility index (Phi) is 3.73. The number of benzene rings is 2. The average Bonchev–Trinajstić information content (AvgIpc) is 3.02. The molecule has 0 saturated heterocycles. The first-order valence-corrected chi connectivity index (χ1v) is 8.30. The fourth-order valence-electron chi connectivity index (χ4n) is 2.96. The van der Waals surface area contributed by atoms with E-state index in [1.807, 2.05) is 68.6 Å². The standard InChI is InChI=1S/C20H19N5O/c1-12-9-15(10-13(2)19(12)26)14-7-8-18-23-20(24-25(18)11-14)22-17-6-4-3-5-16(17)21/h3-11,26H,21H2,1-2H3,(H,22,24). The first kappa shape index (κ1) is 16.0. The van der Waals surface area contributed by atoms with Crippen molar-refractivity contribution in [1.82, 2.24) is 14.6 Å². The minimum Gasteiger partial charge on any atom is -0.507 e. The van der Waals surface area contributed by atoms with E-state index >= 15 is 0 Å². The van der Waals surface area contributed by atoms with Crippen molar-refractivity contribution in [3.8, 4) is 16.9 Å². The molecule has 0 unspecified atom stereocenters. The molecule has 6 heteroatoms. The van der Waals surface area contributed by atoms with Gasteiger partial charge in [0.25, 0.3) is 0 Å². The zero-order valence-electron chi connectivity index (χ0n) is 14.6. The third-order valence-corrected chi connectivity index (χ3v) is 4.36. The Balaban J connectivity index is 1.71. The van der Waals surface area contributed by atoms with Crippen molar-refractivity contribution in [3.05, 3.63) is 65.9 Å². The Morgan fingerprint density at radius 1 is 1.00 bits per heavy atom. The van der Waals surface area contributed by atoms with E-state index in [0.717, 1.165) is 33.6 Å². The molecule has 4 rings (SSSR count). The van der Waals surface area contributed by atoms with Crippen molar-refractivity contribution in [3.63, 3.8) is 0 Å². The maximum Gasteiger partial charge on any atom is 0.247 e. The number of fused-ring (bicyclic) bond motifs is 1. The van der Waals surface area contributed by atoms with Crippen LogP contribution in [0.15, 0.2) is 54.7 Å². The number of hydrogen-bond acceptors (Lipinski definition) is 5. The number of nitrogens with one attached hydrogen (secondary N) is 1. The summed E-state index contributed by atoms with van der Waals surface area (Å²) in [6.07, 6.45) is 1.92. The molecule has 0 amide bonds. The summed E-state index contributed by atoms with van der Waals surface area (Å²) in [7, 11) is 0. The lowest BCUT2D eigenvalue weighted by molar-refractivity contribution is 0.467. The minimum absolute atomic E-state index is 0.336. The van der Waals surface area contributed by atoms with Crippen LogP contribution in [0.3, 0.4) is 0 Å². The van der Waals surface area contributed by atoms with Gasteiger partial charge in [-0.3, -0.25) is 0 Å². The van der Waals surface area contributed by atoms with E-state index in [9.17, 15) is 5.11 Å². The smallest absolute Gasteiger partial charge is 0.247 e. The van der Waals surface area contributed by atoms with Gasteiger partial charge in [0.15, 0.2) is 5.65 Å². The predicted octanol–water partition coefficient (Wildman–Crippen LogP) is 4.04. The van der Waals surface area contributed by atoms with Gasteiger partial charge in [0.2, 0.25) is 5.95 Å². The lowest BCUT2D eigenvalue weighted by atomic mass is 10.0. The number of nitrogens with two attached hydrogens (primary N) is 1. The second-order valence-electron chi connectivity index (χ2n) is 6.33. The monoisotopic (exact) mass is 345 g/mol. The van der Waals surface area contributed by atoms with E-state index in [-0.39, 0.29) is 0 Å². The number of para-hydroxylation sites is 2. The van der Waals surface area contributed by atoms with Crippen LogP contribution in [0.2, 0.25) is 0 Å². The van der Waals surface area contributed by atoms with Gasteiger partial charge in [-0.05, 0) is 66.9 Å². The van der Waals surface area contributed by atoms with Crippen LogP contribution in [0.5, 0.6) is 5.75 Å². The van der Waals surface area contributed by atoms with E-state index in [1.54, 1.807) is 4.52 Å². The van der Waals surface area contributed by atoms with Crippen LogP contribution in [0.1, 0.15) is 11.1 Å². The highest BCUT2D eigenvalue weighted by Crippen LogP contribution is 2.29. The lowest BCUT2D eigenvalue weighted by Crippen LogP contribution is -1.97. The maximum absolute atomic E-state index is 9.97. The first-order chi connectivity index (χ1) is 12.5. The van der Waals surface area contributed by atoms with E-state index in [2.05, 4.69) is 15.4 Å². The molecule has 0 saturated carbocycles. The summed E-state index contributed by atoms with van der Waals surface area (Å²) in [6.45, 7) is 3.79. The van der Waals surface area contributed by atoms with Crippen LogP contribution in [0.4, 0.5) is 17.3 Å².